The van der Waals surface area contributed by atoms with Crippen molar-refractivity contribution < 1.29 is 14.3 Å². The summed E-state index contributed by atoms with van der Waals surface area (Å²) in [6.07, 6.45) is -0.813. The molecule has 2 rings (SSSR count). The molecule has 84 valence electrons. The molecule has 1 amide bonds. The molecule has 0 radical (unpaired) electrons. The first kappa shape index (κ1) is 10.9. The van der Waals surface area contributed by atoms with Gasteiger partial charge in [0.15, 0.2) is 0 Å². The molecular formula is C10H9BrN2O3. The van der Waals surface area contributed by atoms with Crippen molar-refractivity contribution >= 4 is 27.9 Å². The van der Waals surface area contributed by atoms with Crippen LogP contribution in [0, 0.1) is 0 Å². The summed E-state index contributed by atoms with van der Waals surface area (Å²) >= 11 is 3.32. The van der Waals surface area contributed by atoms with E-state index in [2.05, 4.69) is 20.9 Å². The molecule has 0 saturated heterocycles. The third kappa shape index (κ3) is 1.88. The summed E-state index contributed by atoms with van der Waals surface area (Å²) in [6.45, 7) is 0. The highest BCUT2D eigenvalue weighted by Gasteiger charge is 2.31. The van der Waals surface area contributed by atoms with Crippen LogP contribution in [0.5, 0.6) is 5.75 Å². The molecule has 1 unspecified atom stereocenters. The van der Waals surface area contributed by atoms with Crippen molar-refractivity contribution in [1.82, 2.24) is 0 Å². The molecule has 1 heterocycles. The number of amides is 1. The Labute approximate surface area is 100 Å². The number of amidine groups is 1. The molecule has 0 aliphatic carbocycles. The first-order chi connectivity index (χ1) is 7.61. The summed E-state index contributed by atoms with van der Waals surface area (Å²) in [5, 5.41) is 0. The lowest BCUT2D eigenvalue weighted by atomic mass is 10.1. The predicted molar refractivity (Wildman–Crippen MR) is 61.1 cm³/mol. The zero-order valence-electron chi connectivity index (χ0n) is 8.44. The number of aliphatic imine (C=N–C) groups is 1. The summed E-state index contributed by atoms with van der Waals surface area (Å²) in [7, 11) is 1.52. The van der Waals surface area contributed by atoms with Gasteiger partial charge in [0.05, 0.1) is 7.11 Å². The van der Waals surface area contributed by atoms with Gasteiger partial charge in [-0.25, -0.2) is 0 Å². The van der Waals surface area contributed by atoms with E-state index in [1.807, 2.05) is 6.07 Å². The SMILES string of the molecule is COc1ccc(Br)cc1C1OC(N)=NC1=O. The highest BCUT2D eigenvalue weighted by Crippen LogP contribution is 2.33. The lowest BCUT2D eigenvalue weighted by Gasteiger charge is -2.13. The number of nitrogens with two attached hydrogens (primary N) is 1. The summed E-state index contributed by atoms with van der Waals surface area (Å²) in [6, 6.07) is 5.18. The summed E-state index contributed by atoms with van der Waals surface area (Å²) in [5.41, 5.74) is 5.94. The van der Waals surface area contributed by atoms with Crippen molar-refractivity contribution in [2.75, 3.05) is 7.11 Å². The van der Waals surface area contributed by atoms with E-state index in [0.29, 0.717) is 11.3 Å². The number of halogens is 1. The van der Waals surface area contributed by atoms with Crippen LogP contribution < -0.4 is 10.5 Å². The number of hydrogen-bond donors (Lipinski definition) is 1. The molecule has 2 N–H and O–H groups in total. The van der Waals surface area contributed by atoms with Crippen LogP contribution in [0.25, 0.3) is 0 Å². The van der Waals surface area contributed by atoms with Crippen LogP contribution in [0.4, 0.5) is 0 Å². The van der Waals surface area contributed by atoms with Gasteiger partial charge in [0.2, 0.25) is 6.10 Å². The third-order valence-electron chi connectivity index (χ3n) is 2.16. The van der Waals surface area contributed by atoms with Crippen LogP contribution in [0.2, 0.25) is 0 Å². The lowest BCUT2D eigenvalue weighted by Crippen LogP contribution is -2.14. The molecule has 0 bridgehead atoms. The summed E-state index contributed by atoms with van der Waals surface area (Å²) in [4.78, 5) is 15.0. The normalized spacial score (nSPS) is 19.2. The van der Waals surface area contributed by atoms with E-state index in [1.54, 1.807) is 12.1 Å². The Morgan fingerprint density at radius 2 is 2.31 bits per heavy atom. The Hall–Kier alpha value is -1.56. The van der Waals surface area contributed by atoms with Crippen LogP contribution in [-0.2, 0) is 9.53 Å². The Morgan fingerprint density at radius 1 is 1.56 bits per heavy atom. The van der Waals surface area contributed by atoms with Crippen LogP contribution in [0.1, 0.15) is 11.7 Å². The maximum absolute atomic E-state index is 11.5. The quantitative estimate of drug-likeness (QED) is 0.890. The number of nitrogens with zero attached hydrogens (tertiary/aromatic N) is 1. The molecule has 0 saturated carbocycles. The molecule has 1 aliphatic rings. The average Bonchev–Trinajstić information content (AvgIpc) is 2.57. The fourth-order valence-electron chi connectivity index (χ4n) is 1.47. The lowest BCUT2D eigenvalue weighted by molar-refractivity contribution is -0.122. The minimum absolute atomic E-state index is 0.114. The van der Waals surface area contributed by atoms with E-state index >= 15 is 0 Å². The molecule has 1 atom stereocenters. The van der Waals surface area contributed by atoms with E-state index in [1.165, 1.54) is 7.11 Å². The van der Waals surface area contributed by atoms with Crippen LogP contribution in [0.3, 0.4) is 0 Å². The second-order valence-electron chi connectivity index (χ2n) is 3.17. The fourth-order valence-corrected chi connectivity index (χ4v) is 1.85. The maximum atomic E-state index is 11.5. The van der Waals surface area contributed by atoms with Crippen molar-refractivity contribution in [2.24, 2.45) is 10.7 Å². The Balaban J connectivity index is 2.40. The van der Waals surface area contributed by atoms with Gasteiger partial charge in [-0.05, 0) is 18.2 Å². The molecule has 1 aliphatic heterocycles. The Bertz CT molecular complexity index is 473. The second kappa shape index (κ2) is 4.13. The van der Waals surface area contributed by atoms with Gasteiger partial charge in [0.1, 0.15) is 5.75 Å². The van der Waals surface area contributed by atoms with Crippen LogP contribution in [-0.4, -0.2) is 19.0 Å². The van der Waals surface area contributed by atoms with Crippen LogP contribution >= 0.6 is 15.9 Å². The number of ether oxygens (including phenoxy) is 2. The molecule has 1 aromatic carbocycles. The number of carbonyl (C=O) groups excluding carboxylic acids is 1. The van der Waals surface area contributed by atoms with Gasteiger partial charge in [0, 0.05) is 10.0 Å². The summed E-state index contributed by atoms with van der Waals surface area (Å²) in [5.74, 6) is 0.139. The second-order valence-corrected chi connectivity index (χ2v) is 4.09. The van der Waals surface area contributed by atoms with E-state index in [9.17, 15) is 4.79 Å². The smallest absolute Gasteiger partial charge is 0.296 e. The molecule has 5 nitrogen and oxygen atoms in total. The monoisotopic (exact) mass is 284 g/mol. The minimum atomic E-state index is -0.813. The molecule has 1 aromatic rings. The number of rotatable bonds is 2. The zero-order chi connectivity index (χ0) is 11.7. The van der Waals surface area contributed by atoms with E-state index in [0.717, 1.165) is 4.47 Å². The van der Waals surface area contributed by atoms with Gasteiger partial charge < -0.3 is 15.2 Å². The van der Waals surface area contributed by atoms with Gasteiger partial charge in [-0.3, -0.25) is 4.79 Å². The molecule has 0 fully saturated rings. The standard InChI is InChI=1S/C10H9BrN2O3/c1-15-7-3-2-5(11)4-6(7)8-9(14)13-10(12)16-8/h2-4,8H,1H3,(H2,12,13,14). The molecule has 6 heteroatoms. The Kier molecular flexibility index (Phi) is 2.82. The van der Waals surface area contributed by atoms with Crippen molar-refractivity contribution in [1.29, 1.82) is 0 Å². The highest BCUT2D eigenvalue weighted by molar-refractivity contribution is 9.10. The molecular weight excluding hydrogens is 276 g/mol. The summed E-state index contributed by atoms with van der Waals surface area (Å²) < 4.78 is 11.1. The number of benzene rings is 1. The van der Waals surface area contributed by atoms with E-state index in [4.69, 9.17) is 15.2 Å². The first-order valence-corrected chi connectivity index (χ1v) is 5.29. The van der Waals surface area contributed by atoms with Crippen molar-refractivity contribution in [3.63, 3.8) is 0 Å². The van der Waals surface area contributed by atoms with Gasteiger partial charge in [-0.15, -0.1) is 0 Å². The van der Waals surface area contributed by atoms with E-state index < -0.39 is 12.0 Å². The zero-order valence-corrected chi connectivity index (χ0v) is 10.0. The number of carbonyl (C=O) groups is 1. The average molecular weight is 285 g/mol. The van der Waals surface area contributed by atoms with Gasteiger partial charge in [-0.1, -0.05) is 15.9 Å². The molecule has 16 heavy (non-hydrogen) atoms. The van der Waals surface area contributed by atoms with Crippen molar-refractivity contribution in [2.45, 2.75) is 6.10 Å². The van der Waals surface area contributed by atoms with Gasteiger partial charge in [-0.2, -0.15) is 4.99 Å². The molecule has 0 aromatic heterocycles. The maximum Gasteiger partial charge on any atom is 0.296 e. The van der Waals surface area contributed by atoms with E-state index in [-0.39, 0.29) is 6.02 Å². The predicted octanol–water partition coefficient (Wildman–Crippen LogP) is 1.37. The fraction of sp³-hybridized carbons (Fsp3) is 0.200. The number of methoxy groups -OCH3 is 1. The topological polar surface area (TPSA) is 73.9 Å². The minimum Gasteiger partial charge on any atom is -0.496 e. The first-order valence-electron chi connectivity index (χ1n) is 4.50. The third-order valence-corrected chi connectivity index (χ3v) is 2.65. The largest absolute Gasteiger partial charge is 0.496 e. The number of hydrogen-bond acceptors (Lipinski definition) is 4. The van der Waals surface area contributed by atoms with Crippen molar-refractivity contribution in [3.8, 4) is 5.75 Å². The molecule has 0 spiro atoms. The van der Waals surface area contributed by atoms with Gasteiger partial charge >= 0.3 is 0 Å². The van der Waals surface area contributed by atoms with Crippen LogP contribution in [0.15, 0.2) is 27.7 Å². The Morgan fingerprint density at radius 3 is 2.88 bits per heavy atom. The van der Waals surface area contributed by atoms with Gasteiger partial charge in [0.25, 0.3) is 11.9 Å². The highest BCUT2D eigenvalue weighted by atomic mass is 79.9. The van der Waals surface area contributed by atoms with Crippen molar-refractivity contribution in [3.05, 3.63) is 28.2 Å².